The van der Waals surface area contributed by atoms with Gasteiger partial charge < -0.3 is 18.1 Å². The maximum absolute atomic E-state index is 12.0. The van der Waals surface area contributed by atoms with Gasteiger partial charge >= 0.3 is 6.80 Å². The molecule has 0 radical (unpaired) electrons. The van der Waals surface area contributed by atoms with Crippen LogP contribution in [0.3, 0.4) is 0 Å². The summed E-state index contributed by atoms with van der Waals surface area (Å²) in [4.78, 5) is 0. The molecule has 0 saturated carbocycles. The molecular weight excluding hydrogens is 337 g/mol. The summed E-state index contributed by atoms with van der Waals surface area (Å²) < 4.78 is 50.7. The van der Waals surface area contributed by atoms with Gasteiger partial charge in [-0.3, -0.25) is 0 Å². The molecule has 0 unspecified atom stereocenters. The highest BCUT2D eigenvalue weighted by Gasteiger charge is 2.30. The number of quaternary nitrogens is 1. The van der Waals surface area contributed by atoms with Gasteiger partial charge in [0.15, 0.2) is 0 Å². The Morgan fingerprint density at radius 2 is 1.67 bits per heavy atom. The van der Waals surface area contributed by atoms with E-state index in [1.807, 2.05) is 0 Å². The lowest BCUT2D eigenvalue weighted by atomic mass is 10.4. The minimum atomic E-state index is -3.92. The van der Waals surface area contributed by atoms with Gasteiger partial charge in [0, 0.05) is 6.26 Å². The third-order valence-corrected chi connectivity index (χ3v) is 7.00. The van der Waals surface area contributed by atoms with Crippen molar-refractivity contribution in [3.05, 3.63) is 0 Å². The van der Waals surface area contributed by atoms with Gasteiger partial charge in [0.1, 0.15) is 0 Å². The van der Waals surface area contributed by atoms with Crippen LogP contribution in [0, 0.1) is 0 Å². The highest BCUT2D eigenvalue weighted by molar-refractivity contribution is 8.55. The van der Waals surface area contributed by atoms with Crippen molar-refractivity contribution in [2.75, 3.05) is 51.9 Å². The van der Waals surface area contributed by atoms with Crippen molar-refractivity contribution in [3.63, 3.8) is 0 Å². The fraction of sp³-hybridized carbons (Fsp3) is 1.00. The van der Waals surface area contributed by atoms with Crippen LogP contribution in [0.1, 0.15) is 20.3 Å². The maximum Gasteiger partial charge on any atom is 0.389 e. The Hall–Kier alpha value is 0.370. The van der Waals surface area contributed by atoms with Gasteiger partial charge in [-0.2, -0.15) is 0 Å². The molecule has 1 saturated heterocycles. The first-order valence-corrected chi connectivity index (χ1v) is 11.8. The topological polar surface area (TPSA) is 92.7 Å². The van der Waals surface area contributed by atoms with Crippen molar-refractivity contribution in [2.45, 2.75) is 20.3 Å². The maximum atomic E-state index is 12.0. The quantitative estimate of drug-likeness (QED) is 0.404. The standard InChI is InChI=1S/C10H23NO3PS.CH4O3S/c1-4-11(3,5-2)7-10-16-15(12)13-8-6-9-14-15;1-5(2,3)4/h4-10H2,1-3H3;1H3,(H,2,3,4)/q+1;/p-1. The first-order chi connectivity index (χ1) is 9.54. The van der Waals surface area contributed by atoms with Crippen LogP contribution in [0.15, 0.2) is 0 Å². The lowest BCUT2D eigenvalue weighted by Gasteiger charge is -2.32. The van der Waals surface area contributed by atoms with Gasteiger partial charge in [0.05, 0.1) is 55.8 Å². The summed E-state index contributed by atoms with van der Waals surface area (Å²) in [6.45, 7) is 5.90. The van der Waals surface area contributed by atoms with E-state index in [1.165, 1.54) is 11.4 Å². The number of hydrogen-bond donors (Lipinski definition) is 0. The summed E-state index contributed by atoms with van der Waals surface area (Å²) in [5.41, 5.74) is 0. The fourth-order valence-corrected chi connectivity index (χ4v) is 4.92. The van der Waals surface area contributed by atoms with E-state index in [0.29, 0.717) is 19.5 Å². The summed E-state index contributed by atoms with van der Waals surface area (Å²) in [5, 5.41) is 0. The van der Waals surface area contributed by atoms with Crippen molar-refractivity contribution < 1.29 is 31.1 Å². The summed E-state index contributed by atoms with van der Waals surface area (Å²) in [6, 6.07) is 0. The highest BCUT2D eigenvalue weighted by Crippen LogP contribution is 2.62. The van der Waals surface area contributed by atoms with E-state index < -0.39 is 16.9 Å². The Balaban J connectivity index is 0.000000690. The number of rotatable bonds is 6. The second kappa shape index (κ2) is 9.50. The van der Waals surface area contributed by atoms with Gasteiger partial charge in [-0.05, 0) is 31.7 Å². The van der Waals surface area contributed by atoms with Crippen molar-refractivity contribution in [1.82, 2.24) is 0 Å². The molecule has 0 N–H and O–H groups in total. The van der Waals surface area contributed by atoms with Crippen LogP contribution in [0.4, 0.5) is 0 Å². The molecule has 1 fully saturated rings. The second-order valence-electron chi connectivity index (χ2n) is 4.98. The van der Waals surface area contributed by atoms with Crippen molar-refractivity contribution in [2.24, 2.45) is 0 Å². The van der Waals surface area contributed by atoms with E-state index in [-0.39, 0.29) is 0 Å². The minimum Gasteiger partial charge on any atom is -0.748 e. The molecular formula is C11H26NO6PS2. The fourth-order valence-electron chi connectivity index (χ4n) is 1.44. The highest BCUT2D eigenvalue weighted by atomic mass is 32.7. The van der Waals surface area contributed by atoms with Gasteiger partial charge in [0.25, 0.3) is 0 Å². The molecule has 128 valence electrons. The largest absolute Gasteiger partial charge is 0.748 e. The Bertz CT molecular complexity index is 420. The summed E-state index contributed by atoms with van der Waals surface area (Å²) >= 11 is 1.35. The number of nitrogens with zero attached hydrogens (tertiary/aromatic N) is 1. The van der Waals surface area contributed by atoms with Crippen LogP contribution < -0.4 is 0 Å². The summed E-state index contributed by atoms with van der Waals surface area (Å²) in [6.07, 6.45) is 1.45. The van der Waals surface area contributed by atoms with E-state index in [2.05, 4.69) is 20.9 Å². The Labute approximate surface area is 132 Å². The van der Waals surface area contributed by atoms with E-state index in [4.69, 9.17) is 22.0 Å². The lowest BCUT2D eigenvalue weighted by Crippen LogP contribution is -2.45. The molecule has 0 spiro atoms. The average Bonchev–Trinajstić information content (AvgIpc) is 2.37. The van der Waals surface area contributed by atoms with E-state index in [1.54, 1.807) is 0 Å². The van der Waals surface area contributed by atoms with Crippen molar-refractivity contribution >= 4 is 28.3 Å². The Morgan fingerprint density at radius 3 is 2.05 bits per heavy atom. The molecule has 10 heteroatoms. The van der Waals surface area contributed by atoms with Crippen molar-refractivity contribution in [1.29, 1.82) is 0 Å². The van der Waals surface area contributed by atoms with Gasteiger partial charge in [-0.1, -0.05) is 0 Å². The molecule has 0 atom stereocenters. The van der Waals surface area contributed by atoms with Gasteiger partial charge in [-0.15, -0.1) is 0 Å². The van der Waals surface area contributed by atoms with Crippen LogP contribution in [0.5, 0.6) is 0 Å². The summed E-state index contributed by atoms with van der Waals surface area (Å²) in [5.74, 6) is 0.829. The molecule has 21 heavy (non-hydrogen) atoms. The molecule has 1 heterocycles. The Kier molecular flexibility index (Phi) is 9.66. The third-order valence-electron chi connectivity index (χ3n) is 3.19. The molecule has 0 aromatic rings. The monoisotopic (exact) mass is 363 g/mol. The molecule has 0 aromatic heterocycles. The van der Waals surface area contributed by atoms with E-state index in [9.17, 15) is 4.57 Å². The van der Waals surface area contributed by atoms with E-state index in [0.717, 1.165) is 36.3 Å². The van der Waals surface area contributed by atoms with E-state index >= 15 is 0 Å². The molecule has 1 aliphatic heterocycles. The van der Waals surface area contributed by atoms with Gasteiger partial charge in [0.2, 0.25) is 0 Å². The predicted octanol–water partition coefficient (Wildman–Crippen LogP) is 1.91. The van der Waals surface area contributed by atoms with Crippen LogP contribution in [0.2, 0.25) is 0 Å². The molecule has 0 amide bonds. The zero-order valence-corrected chi connectivity index (χ0v) is 15.6. The third kappa shape index (κ3) is 11.6. The van der Waals surface area contributed by atoms with Crippen LogP contribution in [-0.2, 0) is 23.7 Å². The molecule has 0 aromatic carbocycles. The molecule has 1 rings (SSSR count). The zero-order chi connectivity index (χ0) is 16.6. The van der Waals surface area contributed by atoms with Crippen LogP contribution in [-0.4, -0.2) is 69.4 Å². The predicted molar refractivity (Wildman–Crippen MR) is 84.3 cm³/mol. The summed E-state index contributed by atoms with van der Waals surface area (Å²) in [7, 11) is -1.70. The first kappa shape index (κ1) is 21.4. The SMILES string of the molecule is CC[N+](C)(CC)CCSP1(=O)OCCCO1.CS(=O)(=O)[O-]. The smallest absolute Gasteiger partial charge is 0.389 e. The molecule has 1 aliphatic rings. The molecule has 0 bridgehead atoms. The molecule has 7 nitrogen and oxygen atoms in total. The Morgan fingerprint density at radius 1 is 1.24 bits per heavy atom. The molecule has 0 aliphatic carbocycles. The second-order valence-corrected chi connectivity index (χ2v) is 10.6. The average molecular weight is 363 g/mol. The van der Waals surface area contributed by atoms with Gasteiger partial charge in [-0.25, -0.2) is 13.0 Å². The van der Waals surface area contributed by atoms with Crippen LogP contribution >= 0.6 is 18.2 Å². The first-order valence-electron chi connectivity index (χ1n) is 6.81. The van der Waals surface area contributed by atoms with Crippen molar-refractivity contribution in [3.8, 4) is 0 Å². The van der Waals surface area contributed by atoms with Crippen LogP contribution in [0.25, 0.3) is 0 Å². The number of hydrogen-bond acceptors (Lipinski definition) is 7. The lowest BCUT2D eigenvalue weighted by molar-refractivity contribution is -0.903. The minimum absolute atomic E-state index is 0.567. The normalized spacial score (nSPS) is 18.7. The zero-order valence-electron chi connectivity index (χ0n) is 13.1.